The van der Waals surface area contributed by atoms with Gasteiger partial charge >= 0.3 is 0 Å². The first-order valence-corrected chi connectivity index (χ1v) is 12.3. The molecule has 0 saturated carbocycles. The van der Waals surface area contributed by atoms with Gasteiger partial charge in [0, 0.05) is 23.8 Å². The lowest BCUT2D eigenvalue weighted by molar-refractivity contribution is -0.143. The van der Waals surface area contributed by atoms with Crippen LogP contribution in [0, 0.1) is 11.8 Å². The van der Waals surface area contributed by atoms with E-state index in [-0.39, 0.29) is 30.3 Å². The molecule has 0 radical (unpaired) electrons. The summed E-state index contributed by atoms with van der Waals surface area (Å²) in [5.74, 6) is -2.03. The van der Waals surface area contributed by atoms with E-state index in [4.69, 9.17) is 0 Å². The molecule has 3 aromatic rings. The smallest absolute Gasteiger partial charge is 0.253 e. The normalized spacial score (nSPS) is 26.9. The molecule has 3 aliphatic rings. The molecular formula is C30H27N3O3. The summed E-state index contributed by atoms with van der Waals surface area (Å²) in [7, 11) is 0. The minimum atomic E-state index is -1.25. The molecule has 180 valence electrons. The molecule has 1 N–H and O–H groups in total. The number of fused-ring (bicyclic) bond motifs is 4. The molecule has 4 atom stereocenters. The monoisotopic (exact) mass is 477 g/mol. The Balaban J connectivity index is 1.36. The van der Waals surface area contributed by atoms with Crippen LogP contribution in [0.1, 0.15) is 23.6 Å². The largest absolute Gasteiger partial charge is 0.306 e. The van der Waals surface area contributed by atoms with E-state index in [2.05, 4.69) is 5.32 Å². The van der Waals surface area contributed by atoms with Gasteiger partial charge in [-0.15, -0.1) is 0 Å². The van der Waals surface area contributed by atoms with Crippen molar-refractivity contribution in [1.82, 2.24) is 10.2 Å². The number of likely N-dealkylation sites (tertiary alicyclic amines) is 1. The quantitative estimate of drug-likeness (QED) is 0.569. The van der Waals surface area contributed by atoms with Crippen molar-refractivity contribution in [2.75, 3.05) is 11.4 Å². The number of benzene rings is 3. The standard InChI is InChI=1S/C30H27N3O3/c1-20-25-26(28(35)33(27(25)34)19-22-13-6-3-7-14-22)30(31-20)23-16-8-9-17-24(23)32(29(30)36)18-10-15-21-11-4-2-5-12-21/h2-17,20,25-26,31H,18-19H2,1H3/b15-10-/t20-,25+,26+,30+/m1/s1. The van der Waals surface area contributed by atoms with Gasteiger partial charge in [0.2, 0.25) is 11.8 Å². The Morgan fingerprint density at radius 3 is 2.25 bits per heavy atom. The Kier molecular flexibility index (Phi) is 5.34. The lowest BCUT2D eigenvalue weighted by Gasteiger charge is -2.30. The predicted octanol–water partition coefficient (Wildman–Crippen LogP) is 3.74. The first kappa shape index (κ1) is 22.4. The van der Waals surface area contributed by atoms with Crippen molar-refractivity contribution in [3.8, 4) is 0 Å². The third kappa shape index (κ3) is 3.25. The fourth-order valence-corrected chi connectivity index (χ4v) is 6.13. The number of rotatable bonds is 5. The van der Waals surface area contributed by atoms with E-state index in [1.54, 1.807) is 4.90 Å². The van der Waals surface area contributed by atoms with Crippen molar-refractivity contribution in [1.29, 1.82) is 0 Å². The predicted molar refractivity (Wildman–Crippen MR) is 138 cm³/mol. The zero-order chi connectivity index (χ0) is 24.9. The Hall–Kier alpha value is -4.03. The van der Waals surface area contributed by atoms with Crippen molar-refractivity contribution in [3.63, 3.8) is 0 Å². The third-order valence-electron chi connectivity index (χ3n) is 7.69. The Labute approximate surface area is 210 Å². The summed E-state index contributed by atoms with van der Waals surface area (Å²) in [4.78, 5) is 44.6. The molecule has 6 nitrogen and oxygen atoms in total. The summed E-state index contributed by atoms with van der Waals surface area (Å²) >= 11 is 0. The first-order chi connectivity index (χ1) is 17.5. The molecule has 0 unspecified atom stereocenters. The van der Waals surface area contributed by atoms with E-state index in [0.717, 1.165) is 22.4 Å². The highest BCUT2D eigenvalue weighted by Crippen LogP contribution is 2.54. The number of anilines is 1. The van der Waals surface area contributed by atoms with Gasteiger partial charge in [0.05, 0.1) is 18.4 Å². The van der Waals surface area contributed by atoms with Crippen LogP contribution in [0.5, 0.6) is 0 Å². The van der Waals surface area contributed by atoms with Crippen LogP contribution >= 0.6 is 0 Å². The summed E-state index contributed by atoms with van der Waals surface area (Å²) in [5.41, 5.74) is 2.24. The van der Waals surface area contributed by atoms with Crippen molar-refractivity contribution in [2.45, 2.75) is 25.0 Å². The number of amides is 3. The van der Waals surface area contributed by atoms with Gasteiger partial charge in [0.1, 0.15) is 5.54 Å². The Morgan fingerprint density at radius 2 is 1.50 bits per heavy atom. The maximum absolute atomic E-state index is 14.2. The summed E-state index contributed by atoms with van der Waals surface area (Å²) in [6.45, 7) is 2.49. The molecule has 0 bridgehead atoms. The van der Waals surface area contributed by atoms with E-state index in [9.17, 15) is 14.4 Å². The molecule has 0 aliphatic carbocycles. The molecule has 36 heavy (non-hydrogen) atoms. The van der Waals surface area contributed by atoms with E-state index in [1.165, 1.54) is 4.90 Å². The van der Waals surface area contributed by atoms with Crippen molar-refractivity contribution < 1.29 is 14.4 Å². The highest BCUT2D eigenvalue weighted by molar-refractivity contribution is 6.16. The summed E-state index contributed by atoms with van der Waals surface area (Å²) < 4.78 is 0. The molecular weight excluding hydrogens is 450 g/mol. The van der Waals surface area contributed by atoms with E-state index < -0.39 is 17.4 Å². The van der Waals surface area contributed by atoms with Crippen LogP contribution in [-0.2, 0) is 26.5 Å². The Morgan fingerprint density at radius 1 is 0.833 bits per heavy atom. The molecule has 3 aromatic carbocycles. The second-order valence-corrected chi connectivity index (χ2v) is 9.74. The molecule has 6 heteroatoms. The van der Waals surface area contributed by atoms with Gasteiger partial charge in [0.15, 0.2) is 0 Å². The lowest BCUT2D eigenvalue weighted by atomic mass is 9.76. The number of carbonyl (C=O) groups is 3. The van der Waals surface area contributed by atoms with Crippen LogP contribution in [-0.4, -0.2) is 35.2 Å². The summed E-state index contributed by atoms with van der Waals surface area (Å²) in [6, 6.07) is 26.7. The number of hydrogen-bond acceptors (Lipinski definition) is 4. The molecule has 2 fully saturated rings. The van der Waals surface area contributed by atoms with Crippen LogP contribution in [0.25, 0.3) is 6.08 Å². The van der Waals surface area contributed by atoms with Gasteiger partial charge < -0.3 is 4.90 Å². The Bertz CT molecular complexity index is 1370. The van der Waals surface area contributed by atoms with Crippen molar-refractivity contribution in [2.24, 2.45) is 11.8 Å². The molecule has 1 spiro atoms. The molecule has 3 heterocycles. The van der Waals surface area contributed by atoms with Crippen molar-refractivity contribution >= 4 is 29.5 Å². The number of para-hydroxylation sites is 1. The maximum atomic E-state index is 14.2. The zero-order valence-electron chi connectivity index (χ0n) is 20.0. The van der Waals surface area contributed by atoms with E-state index in [0.29, 0.717) is 6.54 Å². The molecule has 3 amide bonds. The number of hydrogen-bond donors (Lipinski definition) is 1. The number of imide groups is 1. The maximum Gasteiger partial charge on any atom is 0.253 e. The van der Waals surface area contributed by atoms with Gasteiger partial charge in [0.25, 0.3) is 5.91 Å². The summed E-state index contributed by atoms with van der Waals surface area (Å²) in [5, 5.41) is 3.44. The average Bonchev–Trinajstić information content (AvgIpc) is 3.44. The number of nitrogens with zero attached hydrogens (tertiary/aromatic N) is 2. The van der Waals surface area contributed by atoms with Gasteiger partial charge in [-0.05, 0) is 24.1 Å². The second-order valence-electron chi connectivity index (χ2n) is 9.74. The molecule has 6 rings (SSSR count). The number of carbonyl (C=O) groups excluding carboxylic acids is 3. The van der Waals surface area contributed by atoms with Gasteiger partial charge in [-0.2, -0.15) is 0 Å². The third-order valence-corrected chi connectivity index (χ3v) is 7.69. The molecule has 0 aromatic heterocycles. The second kappa shape index (κ2) is 8.57. The minimum absolute atomic E-state index is 0.177. The van der Waals surface area contributed by atoms with Crippen LogP contribution in [0.2, 0.25) is 0 Å². The van der Waals surface area contributed by atoms with Gasteiger partial charge in [-0.3, -0.25) is 24.6 Å². The number of nitrogens with one attached hydrogen (secondary N) is 1. The fraction of sp³-hybridized carbons (Fsp3) is 0.233. The summed E-state index contributed by atoms with van der Waals surface area (Å²) in [6.07, 6.45) is 3.95. The average molecular weight is 478 g/mol. The first-order valence-electron chi connectivity index (χ1n) is 12.3. The van der Waals surface area contributed by atoms with Crippen LogP contribution in [0.4, 0.5) is 5.69 Å². The highest BCUT2D eigenvalue weighted by atomic mass is 16.2. The van der Waals surface area contributed by atoms with Gasteiger partial charge in [-0.1, -0.05) is 91.0 Å². The molecule has 2 saturated heterocycles. The van der Waals surface area contributed by atoms with Crippen LogP contribution < -0.4 is 10.2 Å². The zero-order valence-corrected chi connectivity index (χ0v) is 20.0. The minimum Gasteiger partial charge on any atom is -0.306 e. The topological polar surface area (TPSA) is 69.7 Å². The van der Waals surface area contributed by atoms with E-state index in [1.807, 2.05) is 104 Å². The SMILES string of the molecule is C[C@H]1N[C@]2(C(=O)N(C/C=C\c3ccccc3)c3ccccc32)[C@@H]2C(=O)N(Cc3ccccc3)C(=O)[C@H]21. The molecule has 3 aliphatic heterocycles. The fourth-order valence-electron chi connectivity index (χ4n) is 6.13. The van der Waals surface area contributed by atoms with Gasteiger partial charge in [-0.25, -0.2) is 0 Å². The van der Waals surface area contributed by atoms with Crippen LogP contribution in [0.3, 0.4) is 0 Å². The van der Waals surface area contributed by atoms with Crippen molar-refractivity contribution in [3.05, 3.63) is 108 Å². The van der Waals surface area contributed by atoms with Crippen LogP contribution in [0.15, 0.2) is 91.0 Å². The van der Waals surface area contributed by atoms with E-state index >= 15 is 0 Å². The highest BCUT2D eigenvalue weighted by Gasteiger charge is 2.70. The lowest BCUT2D eigenvalue weighted by Crippen LogP contribution is -2.54.